The van der Waals surface area contributed by atoms with E-state index in [1.54, 1.807) is 26.4 Å². The number of ether oxygens (including phenoxy) is 3. The summed E-state index contributed by atoms with van der Waals surface area (Å²) in [6, 6.07) is 17.9. The number of nitrogens with zero attached hydrogens (tertiary/aromatic N) is 3. The fourth-order valence-electron chi connectivity index (χ4n) is 4.84. The summed E-state index contributed by atoms with van der Waals surface area (Å²) in [5.41, 5.74) is 5.66. The largest absolute Gasteiger partial charge is 0.493 e. The van der Waals surface area contributed by atoms with E-state index in [9.17, 15) is 4.39 Å². The first-order valence-electron chi connectivity index (χ1n) is 11.2. The highest BCUT2D eigenvalue weighted by Gasteiger charge is 2.41. The van der Waals surface area contributed by atoms with Crippen LogP contribution in [0.1, 0.15) is 34.4 Å². The number of aromatic nitrogens is 3. The molecule has 2 atom stereocenters. The molecule has 0 saturated carbocycles. The van der Waals surface area contributed by atoms with Crippen molar-refractivity contribution < 1.29 is 18.6 Å². The van der Waals surface area contributed by atoms with Gasteiger partial charge in [-0.1, -0.05) is 29.8 Å². The van der Waals surface area contributed by atoms with Gasteiger partial charge in [0, 0.05) is 11.1 Å². The van der Waals surface area contributed by atoms with Gasteiger partial charge in [-0.3, -0.25) is 0 Å². The molecule has 1 N–H and O–H groups in total. The Morgan fingerprint density at radius 3 is 2.49 bits per heavy atom. The number of hydrogen-bond donors (Lipinski definition) is 1. The monoisotopic (exact) mass is 470 g/mol. The summed E-state index contributed by atoms with van der Waals surface area (Å²) >= 11 is 0. The van der Waals surface area contributed by atoms with Gasteiger partial charge in [0.2, 0.25) is 5.95 Å². The summed E-state index contributed by atoms with van der Waals surface area (Å²) in [4.78, 5) is 4.46. The molecular weight excluding hydrogens is 447 g/mol. The van der Waals surface area contributed by atoms with Gasteiger partial charge in [-0.15, -0.1) is 0 Å². The Morgan fingerprint density at radius 2 is 1.71 bits per heavy atom. The standard InChI is InChI=1S/C27H23FN4O3/c1-15-4-10-20-19(12-15)24-23(26(35-20)16-5-8-18(28)9-6-16)25(32-27(31-24)29-14-30-32)17-7-11-21(33-2)22(13-17)34-3/h4-14,25-26H,1-3H3,(H,29,30,31)/t25-,26+/m1/s1. The minimum Gasteiger partial charge on any atom is -0.493 e. The number of nitrogens with one attached hydrogen (secondary N) is 1. The number of hydrogen-bond acceptors (Lipinski definition) is 6. The smallest absolute Gasteiger partial charge is 0.226 e. The zero-order valence-electron chi connectivity index (χ0n) is 19.4. The van der Waals surface area contributed by atoms with Crippen LogP contribution in [-0.4, -0.2) is 29.0 Å². The van der Waals surface area contributed by atoms with E-state index in [1.165, 1.54) is 18.5 Å². The molecule has 1 aromatic heterocycles. The third kappa shape index (κ3) is 3.41. The lowest BCUT2D eigenvalue weighted by Gasteiger charge is -2.39. The quantitative estimate of drug-likeness (QED) is 0.436. The van der Waals surface area contributed by atoms with Crippen molar-refractivity contribution in [1.29, 1.82) is 0 Å². The molecule has 0 bridgehead atoms. The number of fused-ring (bicyclic) bond motifs is 3. The number of anilines is 1. The van der Waals surface area contributed by atoms with Crippen LogP contribution in [0.15, 0.2) is 72.6 Å². The number of benzene rings is 3. The van der Waals surface area contributed by atoms with Crippen LogP contribution in [0.2, 0.25) is 0 Å². The molecule has 2 aliphatic rings. The minimum absolute atomic E-state index is 0.299. The summed E-state index contributed by atoms with van der Waals surface area (Å²) in [5, 5.41) is 8.02. The van der Waals surface area contributed by atoms with Crippen LogP contribution in [0.25, 0.3) is 5.70 Å². The molecule has 0 spiro atoms. The van der Waals surface area contributed by atoms with Crippen molar-refractivity contribution in [3.8, 4) is 17.2 Å². The number of methoxy groups -OCH3 is 2. The predicted molar refractivity (Wildman–Crippen MR) is 129 cm³/mol. The first kappa shape index (κ1) is 21.2. The van der Waals surface area contributed by atoms with Crippen molar-refractivity contribution in [3.63, 3.8) is 0 Å². The Hall–Kier alpha value is -4.33. The van der Waals surface area contributed by atoms with Crippen LogP contribution in [0, 0.1) is 12.7 Å². The molecule has 8 heteroatoms. The van der Waals surface area contributed by atoms with Crippen LogP contribution < -0.4 is 19.5 Å². The Kier molecular flexibility index (Phi) is 4.95. The molecule has 7 nitrogen and oxygen atoms in total. The first-order chi connectivity index (χ1) is 17.1. The molecule has 6 rings (SSSR count). The molecular formula is C27H23FN4O3. The summed E-state index contributed by atoms with van der Waals surface area (Å²) in [7, 11) is 3.22. The van der Waals surface area contributed by atoms with Crippen LogP contribution in [0.5, 0.6) is 17.2 Å². The highest BCUT2D eigenvalue weighted by Crippen LogP contribution is 2.51. The molecule has 0 amide bonds. The summed E-state index contributed by atoms with van der Waals surface area (Å²) < 4.78 is 33.3. The maximum absolute atomic E-state index is 13.8. The lowest BCUT2D eigenvalue weighted by atomic mass is 9.84. The Labute approximate surface area is 201 Å². The second-order valence-electron chi connectivity index (χ2n) is 8.55. The Bertz CT molecular complexity index is 1460. The van der Waals surface area contributed by atoms with Crippen molar-refractivity contribution in [1.82, 2.24) is 14.8 Å². The summed E-state index contributed by atoms with van der Waals surface area (Å²) in [6.07, 6.45) is 1.04. The van der Waals surface area contributed by atoms with Gasteiger partial charge in [0.05, 0.1) is 19.9 Å². The van der Waals surface area contributed by atoms with Crippen molar-refractivity contribution in [3.05, 3.63) is 101 Å². The van der Waals surface area contributed by atoms with Gasteiger partial charge in [0.25, 0.3) is 0 Å². The third-order valence-corrected chi connectivity index (χ3v) is 6.47. The van der Waals surface area contributed by atoms with Crippen LogP contribution in [-0.2, 0) is 0 Å². The van der Waals surface area contributed by atoms with Gasteiger partial charge in [-0.05, 0) is 54.4 Å². The van der Waals surface area contributed by atoms with E-state index < -0.39 is 6.10 Å². The maximum atomic E-state index is 13.8. The highest BCUT2D eigenvalue weighted by molar-refractivity contribution is 5.85. The SMILES string of the molecule is COc1ccc([C@@H]2C3=C(Nc4ncnn42)c2cc(C)ccc2O[C@H]3c2ccc(F)cc2)cc1OC. The van der Waals surface area contributed by atoms with Crippen LogP contribution in [0.3, 0.4) is 0 Å². The molecule has 0 saturated heterocycles. The second kappa shape index (κ2) is 8.16. The zero-order chi connectivity index (χ0) is 24.1. The predicted octanol–water partition coefficient (Wildman–Crippen LogP) is 5.30. The fourth-order valence-corrected chi connectivity index (χ4v) is 4.84. The Balaban J connectivity index is 1.62. The van der Waals surface area contributed by atoms with Gasteiger partial charge in [0.1, 0.15) is 30.0 Å². The molecule has 4 aromatic rings. The van der Waals surface area contributed by atoms with E-state index in [-0.39, 0.29) is 11.9 Å². The van der Waals surface area contributed by atoms with Gasteiger partial charge < -0.3 is 19.5 Å². The third-order valence-electron chi connectivity index (χ3n) is 6.47. The lowest BCUT2D eigenvalue weighted by Crippen LogP contribution is -2.32. The molecule has 0 fully saturated rings. The molecule has 2 aliphatic heterocycles. The van der Waals surface area contributed by atoms with Gasteiger partial charge >= 0.3 is 0 Å². The lowest BCUT2D eigenvalue weighted by molar-refractivity contribution is 0.223. The number of rotatable bonds is 4. The number of halogens is 1. The highest BCUT2D eigenvalue weighted by atomic mass is 19.1. The van der Waals surface area contributed by atoms with E-state index in [0.29, 0.717) is 17.4 Å². The van der Waals surface area contributed by atoms with E-state index in [1.807, 2.05) is 41.9 Å². The van der Waals surface area contributed by atoms with Gasteiger partial charge in [0.15, 0.2) is 11.5 Å². The average Bonchev–Trinajstić information content (AvgIpc) is 3.35. The first-order valence-corrected chi connectivity index (χ1v) is 11.2. The van der Waals surface area contributed by atoms with Crippen molar-refractivity contribution in [2.45, 2.75) is 19.1 Å². The fraction of sp³-hybridized carbons (Fsp3) is 0.185. The molecule has 0 aliphatic carbocycles. The minimum atomic E-state index is -0.483. The molecule has 176 valence electrons. The summed E-state index contributed by atoms with van der Waals surface area (Å²) in [5.74, 6) is 2.31. The van der Waals surface area contributed by atoms with E-state index in [0.717, 1.165) is 39.3 Å². The maximum Gasteiger partial charge on any atom is 0.226 e. The topological polar surface area (TPSA) is 70.4 Å². The second-order valence-corrected chi connectivity index (χ2v) is 8.55. The van der Waals surface area contributed by atoms with Crippen molar-refractivity contribution in [2.75, 3.05) is 19.5 Å². The van der Waals surface area contributed by atoms with E-state index >= 15 is 0 Å². The zero-order valence-corrected chi connectivity index (χ0v) is 19.4. The normalized spacial score (nSPS) is 18.1. The van der Waals surface area contributed by atoms with Crippen molar-refractivity contribution in [2.24, 2.45) is 0 Å². The van der Waals surface area contributed by atoms with Crippen LogP contribution in [0.4, 0.5) is 10.3 Å². The average molecular weight is 471 g/mol. The molecule has 35 heavy (non-hydrogen) atoms. The molecule has 3 aromatic carbocycles. The molecule has 0 unspecified atom stereocenters. The van der Waals surface area contributed by atoms with E-state index in [2.05, 4.69) is 21.5 Å². The van der Waals surface area contributed by atoms with Gasteiger partial charge in [-0.25, -0.2) is 9.07 Å². The molecule has 3 heterocycles. The van der Waals surface area contributed by atoms with Gasteiger partial charge in [-0.2, -0.15) is 10.1 Å². The summed E-state index contributed by atoms with van der Waals surface area (Å²) in [6.45, 7) is 2.05. The Morgan fingerprint density at radius 1 is 0.943 bits per heavy atom. The number of aryl methyl sites for hydroxylation is 1. The van der Waals surface area contributed by atoms with Crippen LogP contribution >= 0.6 is 0 Å². The van der Waals surface area contributed by atoms with Crippen molar-refractivity contribution >= 4 is 11.6 Å². The van der Waals surface area contributed by atoms with E-state index in [4.69, 9.17) is 14.2 Å². The molecule has 0 radical (unpaired) electrons.